The van der Waals surface area contributed by atoms with Gasteiger partial charge >= 0.3 is 6.03 Å². The molecule has 24 heavy (non-hydrogen) atoms. The Bertz CT molecular complexity index is 715. The zero-order chi connectivity index (χ0) is 17.1. The van der Waals surface area contributed by atoms with E-state index < -0.39 is 0 Å². The summed E-state index contributed by atoms with van der Waals surface area (Å²) in [6.45, 7) is 1.57. The third-order valence-corrected chi connectivity index (χ3v) is 4.33. The molecule has 2 atom stereocenters. The molecule has 128 valence electrons. The highest BCUT2D eigenvalue weighted by molar-refractivity contribution is 5.74. The van der Waals surface area contributed by atoms with Crippen LogP contribution < -0.4 is 15.8 Å². The van der Waals surface area contributed by atoms with Crippen molar-refractivity contribution in [2.45, 2.75) is 18.5 Å². The van der Waals surface area contributed by atoms with Gasteiger partial charge in [-0.1, -0.05) is 12.1 Å². The second kappa shape index (κ2) is 6.92. The van der Waals surface area contributed by atoms with Crippen molar-refractivity contribution in [1.82, 2.24) is 19.8 Å². The Labute approximate surface area is 141 Å². The van der Waals surface area contributed by atoms with Crippen LogP contribution in [0.5, 0.6) is 5.75 Å². The first kappa shape index (κ1) is 16.3. The number of carbonyl (C=O) groups excluding carboxylic acids is 1. The molecule has 0 aliphatic carbocycles. The molecule has 0 unspecified atom stereocenters. The molecule has 2 aromatic rings. The van der Waals surface area contributed by atoms with Gasteiger partial charge in [0.25, 0.3) is 0 Å². The van der Waals surface area contributed by atoms with Gasteiger partial charge in [-0.2, -0.15) is 0 Å². The molecule has 3 N–H and O–H groups in total. The van der Waals surface area contributed by atoms with Crippen LogP contribution in [0.2, 0.25) is 0 Å². The molecule has 0 saturated carbocycles. The van der Waals surface area contributed by atoms with Gasteiger partial charge in [-0.25, -0.2) is 9.78 Å². The average molecular weight is 329 g/mol. The van der Waals surface area contributed by atoms with Crippen LogP contribution in [0.25, 0.3) is 0 Å². The molecular formula is C17H23N5O2. The number of rotatable bonds is 4. The quantitative estimate of drug-likeness (QED) is 0.878. The molecule has 1 aliphatic heterocycles. The standard InChI is InChI=1S/C17H23N5O2/c1-21-10-16(20-11-21)14-8-22(9-15(14)18)17(23)19-7-12-4-3-5-13(6-12)24-2/h3-6,10-11,14-15H,7-9,18H2,1-2H3,(H,19,23)/t14-,15-/m1/s1. The highest BCUT2D eigenvalue weighted by Gasteiger charge is 2.35. The topological polar surface area (TPSA) is 85.4 Å². The average Bonchev–Trinajstić information content (AvgIpc) is 3.18. The molecule has 1 aromatic heterocycles. The number of benzene rings is 1. The van der Waals surface area contributed by atoms with Gasteiger partial charge in [0.1, 0.15) is 5.75 Å². The molecule has 1 aromatic carbocycles. The first-order chi connectivity index (χ1) is 11.6. The number of amides is 2. The normalized spacial score (nSPS) is 20.2. The molecule has 1 aliphatic rings. The lowest BCUT2D eigenvalue weighted by Crippen LogP contribution is -2.39. The van der Waals surface area contributed by atoms with Crippen molar-refractivity contribution >= 4 is 6.03 Å². The van der Waals surface area contributed by atoms with E-state index in [0.717, 1.165) is 17.0 Å². The first-order valence-electron chi connectivity index (χ1n) is 7.96. The van der Waals surface area contributed by atoms with E-state index in [1.807, 2.05) is 42.1 Å². The Kier molecular flexibility index (Phi) is 4.71. The highest BCUT2D eigenvalue weighted by Crippen LogP contribution is 2.25. The number of hydrogen-bond acceptors (Lipinski definition) is 4. The van der Waals surface area contributed by atoms with Gasteiger partial charge in [-0.15, -0.1) is 0 Å². The van der Waals surface area contributed by atoms with Crippen molar-refractivity contribution in [1.29, 1.82) is 0 Å². The number of ether oxygens (including phenoxy) is 1. The second-order valence-corrected chi connectivity index (χ2v) is 6.15. The van der Waals surface area contributed by atoms with Crippen molar-refractivity contribution in [2.75, 3.05) is 20.2 Å². The van der Waals surface area contributed by atoms with Crippen LogP contribution in [-0.2, 0) is 13.6 Å². The van der Waals surface area contributed by atoms with Gasteiger partial charge in [0.2, 0.25) is 0 Å². The summed E-state index contributed by atoms with van der Waals surface area (Å²) in [5.74, 6) is 0.855. The summed E-state index contributed by atoms with van der Waals surface area (Å²) in [5.41, 5.74) is 8.14. The Morgan fingerprint density at radius 3 is 3.00 bits per heavy atom. The third kappa shape index (κ3) is 3.51. The van der Waals surface area contributed by atoms with E-state index in [1.165, 1.54) is 0 Å². The monoisotopic (exact) mass is 329 g/mol. The SMILES string of the molecule is COc1cccc(CNC(=O)N2C[C@@H](N)[C@H](c3cn(C)cn3)C2)c1. The van der Waals surface area contributed by atoms with E-state index >= 15 is 0 Å². The molecule has 3 rings (SSSR count). The van der Waals surface area contributed by atoms with Gasteiger partial charge < -0.3 is 25.3 Å². The molecule has 1 saturated heterocycles. The fraction of sp³-hybridized carbons (Fsp3) is 0.412. The Balaban J connectivity index is 1.57. The lowest BCUT2D eigenvalue weighted by Gasteiger charge is -2.17. The number of hydrogen-bond donors (Lipinski definition) is 2. The van der Waals surface area contributed by atoms with Crippen LogP contribution in [-0.4, -0.2) is 46.7 Å². The maximum absolute atomic E-state index is 12.4. The number of nitrogens with zero attached hydrogens (tertiary/aromatic N) is 3. The van der Waals surface area contributed by atoms with Crippen LogP contribution >= 0.6 is 0 Å². The van der Waals surface area contributed by atoms with Crippen molar-refractivity contribution < 1.29 is 9.53 Å². The summed E-state index contributed by atoms with van der Waals surface area (Å²) >= 11 is 0. The maximum atomic E-state index is 12.4. The molecule has 0 bridgehead atoms. The Hall–Kier alpha value is -2.54. The van der Waals surface area contributed by atoms with Crippen LogP contribution in [0, 0.1) is 0 Å². The van der Waals surface area contributed by atoms with Crippen LogP contribution in [0.15, 0.2) is 36.8 Å². The summed E-state index contributed by atoms with van der Waals surface area (Å²) in [6.07, 6.45) is 3.72. The molecule has 1 fully saturated rings. The second-order valence-electron chi connectivity index (χ2n) is 6.15. The number of nitrogens with two attached hydrogens (primary N) is 1. The van der Waals surface area contributed by atoms with E-state index in [9.17, 15) is 4.79 Å². The third-order valence-electron chi connectivity index (χ3n) is 4.33. The number of aromatic nitrogens is 2. The van der Waals surface area contributed by atoms with Gasteiger partial charge in [0, 0.05) is 44.8 Å². The lowest BCUT2D eigenvalue weighted by molar-refractivity contribution is 0.207. The van der Waals surface area contributed by atoms with E-state index in [1.54, 1.807) is 18.3 Å². The number of nitrogens with one attached hydrogen (secondary N) is 1. The molecule has 7 heteroatoms. The first-order valence-corrected chi connectivity index (χ1v) is 7.96. The predicted octanol–water partition coefficient (Wildman–Crippen LogP) is 1.06. The predicted molar refractivity (Wildman–Crippen MR) is 90.7 cm³/mol. The number of likely N-dealkylation sites (tertiary alicyclic amines) is 1. The van der Waals surface area contributed by atoms with Crippen LogP contribution in [0.3, 0.4) is 0 Å². The molecule has 0 radical (unpaired) electrons. The zero-order valence-electron chi connectivity index (χ0n) is 14.0. The number of urea groups is 1. The number of imidazole rings is 1. The van der Waals surface area contributed by atoms with Gasteiger partial charge in [-0.05, 0) is 17.7 Å². The molecule has 2 heterocycles. The Morgan fingerprint density at radius 1 is 1.46 bits per heavy atom. The van der Waals surface area contributed by atoms with Crippen molar-refractivity contribution in [3.63, 3.8) is 0 Å². The zero-order valence-corrected chi connectivity index (χ0v) is 14.0. The fourth-order valence-electron chi connectivity index (χ4n) is 3.00. The van der Waals surface area contributed by atoms with Gasteiger partial charge in [-0.3, -0.25) is 0 Å². The molecular weight excluding hydrogens is 306 g/mol. The minimum atomic E-state index is -0.105. The smallest absolute Gasteiger partial charge is 0.317 e. The number of aryl methyl sites for hydroxylation is 1. The lowest BCUT2D eigenvalue weighted by atomic mass is 10.0. The minimum Gasteiger partial charge on any atom is -0.497 e. The fourth-order valence-corrected chi connectivity index (χ4v) is 3.00. The van der Waals surface area contributed by atoms with E-state index in [-0.39, 0.29) is 18.0 Å². The summed E-state index contributed by atoms with van der Waals surface area (Å²) in [5, 5.41) is 2.94. The summed E-state index contributed by atoms with van der Waals surface area (Å²) in [6, 6.07) is 7.45. The molecule has 7 nitrogen and oxygen atoms in total. The molecule has 2 amide bonds. The number of carbonyl (C=O) groups is 1. The van der Waals surface area contributed by atoms with Crippen LogP contribution in [0.1, 0.15) is 17.2 Å². The van der Waals surface area contributed by atoms with Gasteiger partial charge in [0.05, 0.1) is 19.1 Å². The van der Waals surface area contributed by atoms with Crippen LogP contribution in [0.4, 0.5) is 4.79 Å². The number of methoxy groups -OCH3 is 1. The van der Waals surface area contributed by atoms with Crippen molar-refractivity contribution in [3.8, 4) is 5.75 Å². The summed E-state index contributed by atoms with van der Waals surface area (Å²) in [4.78, 5) is 18.5. The van der Waals surface area contributed by atoms with Crippen molar-refractivity contribution in [3.05, 3.63) is 48.0 Å². The maximum Gasteiger partial charge on any atom is 0.317 e. The Morgan fingerprint density at radius 2 is 2.29 bits per heavy atom. The van der Waals surface area contributed by atoms with Crippen molar-refractivity contribution in [2.24, 2.45) is 12.8 Å². The largest absolute Gasteiger partial charge is 0.497 e. The van der Waals surface area contributed by atoms with Gasteiger partial charge in [0.15, 0.2) is 0 Å². The minimum absolute atomic E-state index is 0.0776. The highest BCUT2D eigenvalue weighted by atomic mass is 16.5. The van der Waals surface area contributed by atoms with E-state index in [0.29, 0.717) is 19.6 Å². The van der Waals surface area contributed by atoms with E-state index in [2.05, 4.69) is 10.3 Å². The summed E-state index contributed by atoms with van der Waals surface area (Å²) < 4.78 is 7.09. The summed E-state index contributed by atoms with van der Waals surface area (Å²) in [7, 11) is 3.55. The molecule has 0 spiro atoms. The van der Waals surface area contributed by atoms with E-state index in [4.69, 9.17) is 10.5 Å².